The van der Waals surface area contributed by atoms with Crippen molar-refractivity contribution in [3.63, 3.8) is 0 Å². The largest absolute Gasteiger partial charge is 0.383 e. The number of nitrogens with zero attached hydrogens (tertiary/aromatic N) is 1. The van der Waals surface area contributed by atoms with Crippen LogP contribution in [0.5, 0.6) is 0 Å². The minimum atomic E-state index is 0.477. The van der Waals surface area contributed by atoms with Gasteiger partial charge in [0.2, 0.25) is 0 Å². The van der Waals surface area contributed by atoms with E-state index in [2.05, 4.69) is 40.7 Å². The van der Waals surface area contributed by atoms with E-state index in [-0.39, 0.29) is 0 Å². The fourth-order valence-electron chi connectivity index (χ4n) is 1.60. The van der Waals surface area contributed by atoms with Gasteiger partial charge in [-0.05, 0) is 31.5 Å². The average molecular weight is 321 g/mol. The molecule has 0 aliphatic carbocycles. The highest BCUT2D eigenvalue weighted by Gasteiger charge is 2.11. The Morgan fingerprint density at radius 1 is 1.41 bits per heavy atom. The van der Waals surface area contributed by atoms with Crippen LogP contribution in [0.2, 0.25) is 5.02 Å². The van der Waals surface area contributed by atoms with Gasteiger partial charge in [0, 0.05) is 35.7 Å². The molecular weight excluding hydrogens is 302 g/mol. The molecule has 0 aliphatic heterocycles. The Balaban J connectivity index is 2.71. The maximum atomic E-state index is 6.22. The van der Waals surface area contributed by atoms with Crippen LogP contribution < -0.4 is 0 Å². The first-order chi connectivity index (χ1) is 8.04. The van der Waals surface area contributed by atoms with Crippen molar-refractivity contribution in [2.45, 2.75) is 26.4 Å². The summed E-state index contributed by atoms with van der Waals surface area (Å²) >= 11 is 9.64. The molecule has 1 rings (SSSR count). The number of rotatable bonds is 6. The van der Waals surface area contributed by atoms with Crippen LogP contribution in [0.15, 0.2) is 22.7 Å². The summed E-state index contributed by atoms with van der Waals surface area (Å²) in [6.45, 7) is 6.88. The zero-order valence-corrected chi connectivity index (χ0v) is 12.9. The molecule has 0 aromatic heterocycles. The number of benzene rings is 1. The molecular formula is C13H19BrClNO. The van der Waals surface area contributed by atoms with E-state index in [9.17, 15) is 0 Å². The Morgan fingerprint density at radius 2 is 2.12 bits per heavy atom. The van der Waals surface area contributed by atoms with Crippen LogP contribution in [0, 0.1) is 0 Å². The SMILES string of the molecule is COCCN(Cc1ccc(Br)cc1Cl)C(C)C. The van der Waals surface area contributed by atoms with Crippen LogP contribution in [0.4, 0.5) is 0 Å². The maximum Gasteiger partial charge on any atom is 0.0589 e. The van der Waals surface area contributed by atoms with Crippen molar-refractivity contribution in [2.24, 2.45) is 0 Å². The van der Waals surface area contributed by atoms with Crippen molar-refractivity contribution in [3.05, 3.63) is 33.3 Å². The Kier molecular flexibility index (Phi) is 6.49. The minimum Gasteiger partial charge on any atom is -0.383 e. The quantitative estimate of drug-likeness (QED) is 0.786. The van der Waals surface area contributed by atoms with Crippen LogP contribution in [0.3, 0.4) is 0 Å². The van der Waals surface area contributed by atoms with Gasteiger partial charge in [0.1, 0.15) is 0 Å². The van der Waals surface area contributed by atoms with Crippen molar-refractivity contribution >= 4 is 27.5 Å². The minimum absolute atomic E-state index is 0.477. The summed E-state index contributed by atoms with van der Waals surface area (Å²) < 4.78 is 6.14. The van der Waals surface area contributed by atoms with Gasteiger partial charge in [-0.15, -0.1) is 0 Å². The fourth-order valence-corrected chi connectivity index (χ4v) is 2.33. The van der Waals surface area contributed by atoms with Gasteiger partial charge in [-0.25, -0.2) is 0 Å². The van der Waals surface area contributed by atoms with E-state index in [1.54, 1.807) is 7.11 Å². The van der Waals surface area contributed by atoms with Crippen molar-refractivity contribution in [1.82, 2.24) is 4.90 Å². The molecule has 0 aliphatic rings. The highest BCUT2D eigenvalue weighted by molar-refractivity contribution is 9.10. The second kappa shape index (κ2) is 7.37. The van der Waals surface area contributed by atoms with E-state index in [4.69, 9.17) is 16.3 Å². The molecule has 17 heavy (non-hydrogen) atoms. The molecule has 0 unspecified atom stereocenters. The van der Waals surface area contributed by atoms with Crippen LogP contribution >= 0.6 is 27.5 Å². The monoisotopic (exact) mass is 319 g/mol. The zero-order chi connectivity index (χ0) is 12.8. The maximum absolute atomic E-state index is 6.22. The second-order valence-electron chi connectivity index (χ2n) is 4.29. The van der Waals surface area contributed by atoms with E-state index in [1.165, 1.54) is 0 Å². The first-order valence-electron chi connectivity index (χ1n) is 5.71. The molecule has 0 saturated heterocycles. The standard InChI is InChI=1S/C13H19BrClNO/c1-10(2)16(6-7-17-3)9-11-4-5-12(14)8-13(11)15/h4-5,8,10H,6-7,9H2,1-3H3. The molecule has 0 radical (unpaired) electrons. The molecule has 0 spiro atoms. The van der Waals surface area contributed by atoms with Gasteiger partial charge < -0.3 is 4.74 Å². The van der Waals surface area contributed by atoms with Crippen molar-refractivity contribution in [3.8, 4) is 0 Å². The third kappa shape index (κ3) is 4.96. The lowest BCUT2D eigenvalue weighted by atomic mass is 10.2. The summed E-state index contributed by atoms with van der Waals surface area (Å²) in [4.78, 5) is 2.35. The summed E-state index contributed by atoms with van der Waals surface area (Å²) in [5, 5.41) is 0.808. The molecule has 0 saturated carbocycles. The first-order valence-corrected chi connectivity index (χ1v) is 6.88. The lowest BCUT2D eigenvalue weighted by molar-refractivity contribution is 0.125. The second-order valence-corrected chi connectivity index (χ2v) is 5.62. The van der Waals surface area contributed by atoms with Gasteiger partial charge >= 0.3 is 0 Å². The molecule has 0 amide bonds. The summed E-state index contributed by atoms with van der Waals surface area (Å²) in [5.41, 5.74) is 1.15. The Labute approximate surface area is 117 Å². The molecule has 1 aromatic rings. The van der Waals surface area contributed by atoms with Crippen molar-refractivity contribution in [2.75, 3.05) is 20.3 Å². The van der Waals surface area contributed by atoms with E-state index < -0.39 is 0 Å². The third-order valence-electron chi connectivity index (χ3n) is 2.70. The van der Waals surface area contributed by atoms with Crippen molar-refractivity contribution in [1.29, 1.82) is 0 Å². The van der Waals surface area contributed by atoms with Gasteiger partial charge in [-0.1, -0.05) is 33.6 Å². The summed E-state index contributed by atoms with van der Waals surface area (Å²) in [7, 11) is 1.73. The van der Waals surface area contributed by atoms with E-state index in [0.717, 1.165) is 34.8 Å². The molecule has 0 bridgehead atoms. The van der Waals surface area contributed by atoms with Crippen LogP contribution in [0.25, 0.3) is 0 Å². The van der Waals surface area contributed by atoms with Crippen LogP contribution in [-0.2, 0) is 11.3 Å². The number of halogens is 2. The molecule has 0 heterocycles. The molecule has 0 N–H and O–H groups in total. The smallest absolute Gasteiger partial charge is 0.0589 e. The zero-order valence-electron chi connectivity index (χ0n) is 10.5. The van der Waals surface area contributed by atoms with E-state index in [0.29, 0.717) is 6.04 Å². The number of hydrogen-bond donors (Lipinski definition) is 0. The Bertz CT molecular complexity index is 357. The lowest BCUT2D eigenvalue weighted by Crippen LogP contribution is -2.33. The van der Waals surface area contributed by atoms with Crippen molar-refractivity contribution < 1.29 is 4.74 Å². The Hall–Kier alpha value is -0.0900. The molecule has 0 atom stereocenters. The predicted molar refractivity (Wildman–Crippen MR) is 76.6 cm³/mol. The van der Waals surface area contributed by atoms with Crippen LogP contribution in [0.1, 0.15) is 19.4 Å². The highest BCUT2D eigenvalue weighted by Crippen LogP contribution is 2.23. The van der Waals surface area contributed by atoms with E-state index in [1.807, 2.05) is 12.1 Å². The molecule has 2 nitrogen and oxygen atoms in total. The molecule has 1 aromatic carbocycles. The van der Waals surface area contributed by atoms with Gasteiger partial charge in [-0.2, -0.15) is 0 Å². The number of ether oxygens (including phenoxy) is 1. The summed E-state index contributed by atoms with van der Waals surface area (Å²) in [6.07, 6.45) is 0. The number of hydrogen-bond acceptors (Lipinski definition) is 2. The lowest BCUT2D eigenvalue weighted by Gasteiger charge is -2.26. The van der Waals surface area contributed by atoms with Gasteiger partial charge in [-0.3, -0.25) is 4.90 Å². The third-order valence-corrected chi connectivity index (χ3v) is 3.55. The van der Waals surface area contributed by atoms with Crippen LogP contribution in [-0.4, -0.2) is 31.2 Å². The van der Waals surface area contributed by atoms with Gasteiger partial charge in [0.15, 0.2) is 0 Å². The topological polar surface area (TPSA) is 12.5 Å². The molecule has 96 valence electrons. The highest BCUT2D eigenvalue weighted by atomic mass is 79.9. The average Bonchev–Trinajstić information content (AvgIpc) is 2.26. The Morgan fingerprint density at radius 3 is 2.65 bits per heavy atom. The molecule has 0 fully saturated rings. The normalized spacial score (nSPS) is 11.5. The number of methoxy groups -OCH3 is 1. The van der Waals surface area contributed by atoms with Gasteiger partial charge in [0.05, 0.1) is 6.61 Å². The fraction of sp³-hybridized carbons (Fsp3) is 0.538. The molecule has 4 heteroatoms. The summed E-state index contributed by atoms with van der Waals surface area (Å²) in [5.74, 6) is 0. The first kappa shape index (κ1) is 15.0. The van der Waals surface area contributed by atoms with E-state index >= 15 is 0 Å². The summed E-state index contributed by atoms with van der Waals surface area (Å²) in [6, 6.07) is 6.50. The van der Waals surface area contributed by atoms with Gasteiger partial charge in [0.25, 0.3) is 0 Å². The predicted octanol–water partition coefficient (Wildman–Crippen LogP) is 3.96.